The molecule has 4 heterocycles. The van der Waals surface area contributed by atoms with E-state index in [0.717, 1.165) is 24.0 Å². The number of carbonyl (C=O) groups is 4. The van der Waals surface area contributed by atoms with Gasteiger partial charge in [0.05, 0.1) is 36.7 Å². The molecule has 3 aliphatic heterocycles. The van der Waals surface area contributed by atoms with Crippen molar-refractivity contribution in [2.45, 2.75) is 107 Å². The van der Waals surface area contributed by atoms with Gasteiger partial charge in [-0.3, -0.25) is 19.1 Å². The van der Waals surface area contributed by atoms with Crippen molar-refractivity contribution in [1.82, 2.24) is 25.2 Å². The molecule has 3 N–H and O–H groups in total. The molecule has 4 amide bonds. The second kappa shape index (κ2) is 16.5. The summed E-state index contributed by atoms with van der Waals surface area (Å²) >= 11 is 0. The number of carbonyl (C=O) groups excluding carboxylic acids is 4. The van der Waals surface area contributed by atoms with E-state index >= 15 is 0 Å². The number of sulfonamides is 1. The highest BCUT2D eigenvalue weighted by molar-refractivity contribution is 7.91. The van der Waals surface area contributed by atoms with Crippen LogP contribution in [0, 0.1) is 11.3 Å². The largest absolute Gasteiger partial charge is 0.496 e. The Bertz CT molecular complexity index is 2340. The SMILES string of the molecule is COc1cc2nc(-c3ccccc3)cc3c2cc1C=CCC(C)(C)COC(=O)N[C@H]1CCCCC/C=C\[C@@H]2C[C@@]2(C(=O)NS(=O)(=O)C2CC2)NC(=O)[C@@H]2C[C@H](CN2C1=O)O3. The number of methoxy groups -OCH3 is 1. The Hall–Kier alpha value is -5.44. The van der Waals surface area contributed by atoms with Crippen LogP contribution in [0.1, 0.15) is 83.6 Å². The molecule has 1 saturated heterocycles. The number of allylic oxidation sites excluding steroid dienone is 2. The summed E-state index contributed by atoms with van der Waals surface area (Å²) < 4.78 is 46.6. The highest BCUT2D eigenvalue weighted by Gasteiger charge is 2.62. The number of nitrogens with zero attached hydrogens (tertiary/aromatic N) is 2. The van der Waals surface area contributed by atoms with E-state index in [1.165, 1.54) is 4.90 Å². The number of amides is 4. The van der Waals surface area contributed by atoms with Crippen molar-refractivity contribution in [3.05, 3.63) is 72.3 Å². The molecule has 14 nitrogen and oxygen atoms in total. The van der Waals surface area contributed by atoms with Gasteiger partial charge in [0.2, 0.25) is 21.8 Å². The quantitative estimate of drug-likeness (QED) is 0.266. The summed E-state index contributed by atoms with van der Waals surface area (Å²) in [6, 6.07) is 13.2. The number of hydrogen-bond donors (Lipinski definition) is 3. The zero-order chi connectivity index (χ0) is 42.2. The fourth-order valence-electron chi connectivity index (χ4n) is 8.44. The molecular weight excluding hydrogens is 787 g/mol. The van der Waals surface area contributed by atoms with Crippen LogP contribution in [0.15, 0.2) is 66.8 Å². The van der Waals surface area contributed by atoms with Gasteiger partial charge >= 0.3 is 6.09 Å². The van der Waals surface area contributed by atoms with Crippen LogP contribution >= 0.6 is 0 Å². The normalized spacial score (nSPS) is 27.8. The third kappa shape index (κ3) is 8.86. The number of cyclic esters (lactones) is 1. The molecule has 1 aromatic heterocycles. The van der Waals surface area contributed by atoms with Crippen LogP contribution in [-0.4, -0.2) is 91.4 Å². The first-order valence-electron chi connectivity index (χ1n) is 21.0. The zero-order valence-corrected chi connectivity index (χ0v) is 35.1. The van der Waals surface area contributed by atoms with Crippen LogP contribution < -0.4 is 24.8 Å². The predicted molar refractivity (Wildman–Crippen MR) is 225 cm³/mol. The lowest BCUT2D eigenvalue weighted by molar-refractivity contribution is -0.141. The Balaban J connectivity index is 1.20. The Morgan fingerprint density at radius 1 is 1.02 bits per heavy atom. The van der Waals surface area contributed by atoms with Crippen molar-refractivity contribution in [2.75, 3.05) is 20.3 Å². The van der Waals surface area contributed by atoms with Crippen LogP contribution in [0.3, 0.4) is 0 Å². The van der Waals surface area contributed by atoms with Gasteiger partial charge in [0.1, 0.15) is 35.2 Å². The monoisotopic (exact) mass is 839 g/mol. The Morgan fingerprint density at radius 3 is 2.58 bits per heavy atom. The Labute approximate surface area is 350 Å². The molecule has 2 aromatic carbocycles. The first kappa shape index (κ1) is 41.3. The van der Waals surface area contributed by atoms with Gasteiger partial charge in [0, 0.05) is 46.4 Å². The molecule has 15 heteroatoms. The molecule has 0 unspecified atom stereocenters. The number of rotatable bonds is 5. The van der Waals surface area contributed by atoms with E-state index in [1.54, 1.807) is 7.11 Å². The summed E-state index contributed by atoms with van der Waals surface area (Å²) in [7, 11) is -2.31. The number of ether oxygens (including phenoxy) is 3. The maximum absolute atomic E-state index is 14.8. The average Bonchev–Trinajstić information content (AvgIpc) is 4.15. The molecule has 3 aromatic rings. The predicted octanol–water partition coefficient (Wildman–Crippen LogP) is 5.80. The summed E-state index contributed by atoms with van der Waals surface area (Å²) in [5.41, 5.74) is 0.928. The van der Waals surface area contributed by atoms with Gasteiger partial charge in [-0.1, -0.05) is 81.3 Å². The average molecular weight is 840 g/mol. The van der Waals surface area contributed by atoms with E-state index in [0.29, 0.717) is 66.6 Å². The lowest BCUT2D eigenvalue weighted by atomic mass is 9.90. The Kier molecular flexibility index (Phi) is 11.4. The van der Waals surface area contributed by atoms with Gasteiger partial charge in [-0.15, -0.1) is 0 Å². The number of hydrogen-bond acceptors (Lipinski definition) is 10. The van der Waals surface area contributed by atoms with E-state index in [-0.39, 0.29) is 26.0 Å². The van der Waals surface area contributed by atoms with E-state index in [2.05, 4.69) is 15.4 Å². The number of aromatic nitrogens is 1. The molecule has 0 spiro atoms. The molecule has 2 saturated carbocycles. The molecule has 0 radical (unpaired) electrons. The lowest BCUT2D eigenvalue weighted by Gasteiger charge is -2.30. The van der Waals surface area contributed by atoms with E-state index in [9.17, 15) is 27.6 Å². The smallest absolute Gasteiger partial charge is 0.407 e. The molecule has 2 aliphatic carbocycles. The second-order valence-electron chi connectivity index (χ2n) is 17.5. The zero-order valence-electron chi connectivity index (χ0n) is 34.3. The van der Waals surface area contributed by atoms with Gasteiger partial charge < -0.3 is 29.7 Å². The third-order valence-corrected chi connectivity index (χ3v) is 14.0. The van der Waals surface area contributed by atoms with Gasteiger partial charge in [0.25, 0.3) is 5.91 Å². The van der Waals surface area contributed by atoms with Crippen molar-refractivity contribution in [1.29, 1.82) is 0 Å². The molecule has 3 fully saturated rings. The number of alkyl carbamates (subject to hydrolysis) is 1. The van der Waals surface area contributed by atoms with E-state index < -0.39 is 74.1 Å². The molecule has 5 bridgehead atoms. The molecule has 5 aliphatic rings. The third-order valence-electron chi connectivity index (χ3n) is 12.2. The van der Waals surface area contributed by atoms with Crippen molar-refractivity contribution in [3.8, 4) is 22.8 Å². The molecule has 5 atom stereocenters. The van der Waals surface area contributed by atoms with Crippen molar-refractivity contribution in [2.24, 2.45) is 11.3 Å². The highest BCUT2D eigenvalue weighted by Crippen LogP contribution is 2.46. The van der Waals surface area contributed by atoms with E-state index in [4.69, 9.17) is 19.2 Å². The van der Waals surface area contributed by atoms with Crippen molar-refractivity contribution in [3.63, 3.8) is 0 Å². The van der Waals surface area contributed by atoms with Crippen molar-refractivity contribution >= 4 is 50.8 Å². The van der Waals surface area contributed by atoms with Crippen LogP contribution in [0.4, 0.5) is 4.79 Å². The maximum atomic E-state index is 14.8. The number of benzene rings is 2. The second-order valence-corrected chi connectivity index (χ2v) is 19.5. The standard InChI is InChI=1S/C45H53N5O9S/c1-44(2)20-12-15-29-21-33-36(24-38(29)57-3)46-35(28-13-8-7-9-14-28)23-39(33)59-31-22-37-40(51)48-45(42(53)49-60(55,56)32-18-19-32)25-30(45)16-10-5-4-6-11-17-34(41(52)50(37)26-31)47-43(54)58-27-44/h7-10,12-16,21,23-24,30-32,34,37H,4-6,11,17-20,22,25-27H2,1-3H3,(H,47,54)(H,48,51)(H,49,53)/b15-12?,16-10-/t30-,31-,34+,37+,45-/m1/s1. The fourth-order valence-corrected chi connectivity index (χ4v) is 9.80. The highest BCUT2D eigenvalue weighted by atomic mass is 32.2. The summed E-state index contributed by atoms with van der Waals surface area (Å²) in [6.45, 7) is 4.03. The van der Waals surface area contributed by atoms with Gasteiger partial charge in [0.15, 0.2) is 0 Å². The minimum Gasteiger partial charge on any atom is -0.496 e. The Morgan fingerprint density at radius 2 is 1.82 bits per heavy atom. The lowest BCUT2D eigenvalue weighted by Crippen LogP contribution is -2.58. The van der Waals surface area contributed by atoms with Crippen LogP contribution in [0.2, 0.25) is 0 Å². The summed E-state index contributed by atoms with van der Waals surface area (Å²) in [6.07, 6.45) is 11.3. The maximum Gasteiger partial charge on any atom is 0.407 e. The van der Waals surface area contributed by atoms with Gasteiger partial charge in [-0.25, -0.2) is 18.2 Å². The van der Waals surface area contributed by atoms with E-state index in [1.807, 2.05) is 86.7 Å². The topological polar surface area (TPSA) is 182 Å². The summed E-state index contributed by atoms with van der Waals surface area (Å²) in [4.78, 5) is 63.1. The van der Waals surface area contributed by atoms with Crippen LogP contribution in [0.5, 0.6) is 11.5 Å². The number of nitrogens with one attached hydrogen (secondary N) is 3. The minimum atomic E-state index is -3.91. The number of pyridine rings is 1. The fraction of sp³-hybridized carbons (Fsp3) is 0.489. The van der Waals surface area contributed by atoms with Gasteiger partial charge in [-0.05, 0) is 51.0 Å². The molecular formula is C45H53N5O9S. The summed E-state index contributed by atoms with van der Waals surface area (Å²) in [5.74, 6) is -1.23. The van der Waals surface area contributed by atoms with Gasteiger partial charge in [-0.2, -0.15) is 0 Å². The van der Waals surface area contributed by atoms with Crippen LogP contribution in [-0.2, 0) is 29.1 Å². The number of fused-ring (bicyclic) bond motifs is 4. The summed E-state index contributed by atoms with van der Waals surface area (Å²) in [5, 5.41) is 5.81. The minimum absolute atomic E-state index is 0.0107. The first-order valence-corrected chi connectivity index (χ1v) is 22.5. The van der Waals surface area contributed by atoms with Crippen molar-refractivity contribution < 1.29 is 41.8 Å². The molecule has 8 rings (SSSR count). The van der Waals surface area contributed by atoms with Crippen LogP contribution in [0.25, 0.3) is 28.2 Å². The molecule has 60 heavy (non-hydrogen) atoms. The first-order chi connectivity index (χ1) is 28.7. The molecule has 318 valence electrons.